The highest BCUT2D eigenvalue weighted by Gasteiger charge is 2.32. The molecular formula is C9H13F3N2O4. The van der Waals surface area contributed by atoms with Crippen LogP contribution in [0.5, 0.6) is 0 Å². The van der Waals surface area contributed by atoms with Crippen LogP contribution < -0.4 is 5.32 Å². The second-order valence-corrected chi connectivity index (χ2v) is 3.80. The fourth-order valence-corrected chi connectivity index (χ4v) is 1.54. The van der Waals surface area contributed by atoms with E-state index in [9.17, 15) is 22.8 Å². The fraction of sp³-hybridized carbons (Fsp3) is 0.778. The first-order valence-electron chi connectivity index (χ1n) is 5.17. The van der Waals surface area contributed by atoms with Gasteiger partial charge in [-0.05, 0) is 0 Å². The molecule has 0 aromatic rings. The Hall–Kier alpha value is -1.35. The molecule has 1 heterocycles. The van der Waals surface area contributed by atoms with Gasteiger partial charge in [0.2, 0.25) is 5.91 Å². The molecular weight excluding hydrogens is 257 g/mol. The van der Waals surface area contributed by atoms with Gasteiger partial charge in [0.1, 0.15) is 12.6 Å². The number of nitrogens with zero attached hydrogens (tertiary/aromatic N) is 1. The Morgan fingerprint density at radius 2 is 2.22 bits per heavy atom. The van der Waals surface area contributed by atoms with Gasteiger partial charge < -0.3 is 15.2 Å². The lowest BCUT2D eigenvalue weighted by molar-refractivity contribution is -0.176. The summed E-state index contributed by atoms with van der Waals surface area (Å²) in [5.74, 6) is -1.49. The van der Waals surface area contributed by atoms with Crippen LogP contribution in [0.1, 0.15) is 0 Å². The molecule has 0 spiro atoms. The van der Waals surface area contributed by atoms with Crippen molar-refractivity contribution >= 4 is 11.9 Å². The highest BCUT2D eigenvalue weighted by atomic mass is 19.4. The van der Waals surface area contributed by atoms with E-state index in [1.165, 1.54) is 4.90 Å². The first kappa shape index (κ1) is 14.7. The summed E-state index contributed by atoms with van der Waals surface area (Å²) >= 11 is 0. The Labute approximate surface area is 101 Å². The van der Waals surface area contributed by atoms with Crippen molar-refractivity contribution in [2.24, 2.45) is 0 Å². The minimum absolute atomic E-state index is 0.0412. The number of nitrogens with one attached hydrogen (secondary N) is 1. The predicted molar refractivity (Wildman–Crippen MR) is 52.9 cm³/mol. The van der Waals surface area contributed by atoms with E-state index in [2.05, 4.69) is 10.1 Å². The smallest absolute Gasteiger partial charge is 0.411 e. The lowest BCUT2D eigenvalue weighted by Gasteiger charge is -2.32. The summed E-state index contributed by atoms with van der Waals surface area (Å²) in [7, 11) is 0. The van der Waals surface area contributed by atoms with Gasteiger partial charge in [-0.2, -0.15) is 13.2 Å². The summed E-state index contributed by atoms with van der Waals surface area (Å²) in [5.41, 5.74) is 0. The number of hydrogen-bond donors (Lipinski definition) is 2. The van der Waals surface area contributed by atoms with E-state index in [4.69, 9.17) is 5.11 Å². The number of amides is 1. The Morgan fingerprint density at radius 1 is 1.56 bits per heavy atom. The van der Waals surface area contributed by atoms with E-state index in [-0.39, 0.29) is 32.1 Å². The molecule has 1 unspecified atom stereocenters. The minimum Gasteiger partial charge on any atom is -0.480 e. The van der Waals surface area contributed by atoms with Crippen LogP contribution in [0.15, 0.2) is 0 Å². The van der Waals surface area contributed by atoms with Gasteiger partial charge in [0.15, 0.2) is 0 Å². The number of rotatable bonds is 5. The van der Waals surface area contributed by atoms with Crippen molar-refractivity contribution in [1.82, 2.24) is 10.2 Å². The van der Waals surface area contributed by atoms with Crippen LogP contribution in [0, 0.1) is 0 Å². The molecule has 0 aliphatic carbocycles. The summed E-state index contributed by atoms with van der Waals surface area (Å²) in [6.07, 6.45) is -4.41. The SMILES string of the molecule is O=C1CN(CCOCC(F)(F)F)C(C(=O)O)CN1. The first-order chi connectivity index (χ1) is 8.29. The minimum atomic E-state index is -4.41. The van der Waals surface area contributed by atoms with Gasteiger partial charge >= 0.3 is 12.1 Å². The predicted octanol–water partition coefficient (Wildman–Crippen LogP) is -0.550. The van der Waals surface area contributed by atoms with E-state index in [0.29, 0.717) is 0 Å². The number of aliphatic carboxylic acids is 1. The highest BCUT2D eigenvalue weighted by Crippen LogP contribution is 2.14. The third-order valence-corrected chi connectivity index (χ3v) is 2.35. The molecule has 0 aromatic carbocycles. The van der Waals surface area contributed by atoms with Crippen molar-refractivity contribution in [1.29, 1.82) is 0 Å². The number of carboxylic acid groups (broad SMARTS) is 1. The normalized spacial score (nSPS) is 21.7. The monoisotopic (exact) mass is 270 g/mol. The number of hydrogen-bond acceptors (Lipinski definition) is 4. The van der Waals surface area contributed by atoms with Crippen molar-refractivity contribution in [3.8, 4) is 0 Å². The van der Waals surface area contributed by atoms with E-state index in [1.54, 1.807) is 0 Å². The molecule has 9 heteroatoms. The van der Waals surface area contributed by atoms with Gasteiger partial charge in [0.05, 0.1) is 13.2 Å². The molecule has 0 radical (unpaired) electrons. The maximum Gasteiger partial charge on any atom is 0.411 e. The molecule has 1 fully saturated rings. The number of halogens is 3. The maximum absolute atomic E-state index is 11.8. The van der Waals surface area contributed by atoms with Crippen LogP contribution >= 0.6 is 0 Å². The quantitative estimate of drug-likeness (QED) is 0.655. The average molecular weight is 270 g/mol. The summed E-state index contributed by atoms with van der Waals surface area (Å²) in [4.78, 5) is 23.2. The van der Waals surface area contributed by atoms with Crippen LogP contribution in [-0.2, 0) is 14.3 Å². The summed E-state index contributed by atoms with van der Waals surface area (Å²) in [5, 5.41) is 11.2. The zero-order chi connectivity index (χ0) is 13.8. The van der Waals surface area contributed by atoms with Crippen molar-refractivity contribution in [3.05, 3.63) is 0 Å². The third-order valence-electron chi connectivity index (χ3n) is 2.35. The van der Waals surface area contributed by atoms with Crippen molar-refractivity contribution in [3.63, 3.8) is 0 Å². The van der Waals surface area contributed by atoms with Gasteiger partial charge in [-0.1, -0.05) is 0 Å². The van der Waals surface area contributed by atoms with Crippen molar-refractivity contribution < 1.29 is 32.6 Å². The number of carboxylic acids is 1. The second-order valence-electron chi connectivity index (χ2n) is 3.80. The zero-order valence-electron chi connectivity index (χ0n) is 9.37. The molecule has 0 saturated carbocycles. The average Bonchev–Trinajstić information content (AvgIpc) is 2.22. The Bertz CT molecular complexity index is 321. The van der Waals surface area contributed by atoms with Gasteiger partial charge in [-0.3, -0.25) is 14.5 Å². The van der Waals surface area contributed by atoms with Crippen molar-refractivity contribution in [2.45, 2.75) is 12.2 Å². The van der Waals surface area contributed by atoms with Gasteiger partial charge in [0, 0.05) is 13.1 Å². The fourth-order valence-electron chi connectivity index (χ4n) is 1.54. The molecule has 1 saturated heterocycles. The number of carbonyl (C=O) groups excluding carboxylic acids is 1. The lowest BCUT2D eigenvalue weighted by atomic mass is 10.2. The van der Waals surface area contributed by atoms with E-state index >= 15 is 0 Å². The van der Waals surface area contributed by atoms with Crippen LogP contribution in [0.3, 0.4) is 0 Å². The van der Waals surface area contributed by atoms with Crippen LogP contribution in [0.25, 0.3) is 0 Å². The molecule has 6 nitrogen and oxygen atoms in total. The maximum atomic E-state index is 11.8. The second kappa shape index (κ2) is 6.01. The molecule has 104 valence electrons. The topological polar surface area (TPSA) is 78.9 Å². The number of carbonyl (C=O) groups is 2. The Morgan fingerprint density at radius 3 is 2.78 bits per heavy atom. The summed E-state index contributed by atoms with van der Waals surface area (Å²) in [6.45, 7) is -1.93. The van der Waals surface area contributed by atoms with E-state index < -0.39 is 24.8 Å². The molecule has 0 aromatic heterocycles. The van der Waals surface area contributed by atoms with E-state index in [1.807, 2.05) is 0 Å². The third kappa shape index (κ3) is 4.88. The molecule has 1 atom stereocenters. The molecule has 2 N–H and O–H groups in total. The molecule has 1 aliphatic rings. The number of alkyl halides is 3. The summed E-state index contributed by atoms with van der Waals surface area (Å²) < 4.78 is 39.7. The summed E-state index contributed by atoms with van der Waals surface area (Å²) in [6, 6.07) is -0.933. The zero-order valence-corrected chi connectivity index (χ0v) is 9.37. The molecule has 0 bridgehead atoms. The van der Waals surface area contributed by atoms with Crippen LogP contribution in [0.4, 0.5) is 13.2 Å². The van der Waals surface area contributed by atoms with E-state index in [0.717, 1.165) is 0 Å². The van der Waals surface area contributed by atoms with Gasteiger partial charge in [0.25, 0.3) is 0 Å². The molecule has 1 amide bonds. The number of piperazine rings is 1. The van der Waals surface area contributed by atoms with Crippen LogP contribution in [-0.4, -0.2) is 66.9 Å². The first-order valence-corrected chi connectivity index (χ1v) is 5.17. The lowest BCUT2D eigenvalue weighted by Crippen LogP contribution is -2.58. The van der Waals surface area contributed by atoms with Gasteiger partial charge in [-0.25, -0.2) is 0 Å². The van der Waals surface area contributed by atoms with Gasteiger partial charge in [-0.15, -0.1) is 0 Å². The highest BCUT2D eigenvalue weighted by molar-refractivity contribution is 5.83. The Balaban J connectivity index is 2.37. The Kier molecular flexibility index (Phi) is 4.91. The largest absolute Gasteiger partial charge is 0.480 e. The molecule has 1 rings (SSSR count). The number of ether oxygens (including phenoxy) is 1. The van der Waals surface area contributed by atoms with Crippen LogP contribution in [0.2, 0.25) is 0 Å². The standard InChI is InChI=1S/C9H13F3N2O4/c10-9(11,12)5-18-2-1-14-4-7(15)13-3-6(14)8(16)17/h6H,1-5H2,(H,13,15)(H,16,17). The van der Waals surface area contributed by atoms with Crippen molar-refractivity contribution in [2.75, 3.05) is 32.8 Å². The molecule has 1 aliphatic heterocycles. The molecule has 18 heavy (non-hydrogen) atoms.